The van der Waals surface area contributed by atoms with Gasteiger partial charge < -0.3 is 19.6 Å². The van der Waals surface area contributed by atoms with Gasteiger partial charge in [-0.3, -0.25) is 0 Å². The molecule has 386 valence electrons. The lowest BCUT2D eigenvalue weighted by Gasteiger charge is -2.28. The number of rotatable bonds is 37. The second-order valence-electron chi connectivity index (χ2n) is 20.5. The quantitative estimate of drug-likeness (QED) is 0.0361. The molecule has 0 heterocycles. The molecule has 0 aromatic heterocycles. The molecule has 0 aliphatic rings. The summed E-state index contributed by atoms with van der Waals surface area (Å²) in [6.45, 7) is 13.8. The third kappa shape index (κ3) is 18.5. The minimum atomic E-state index is 1.14. The molecular weight excluding hydrogens is 873 g/mol. The van der Waals surface area contributed by atoms with Crippen LogP contribution in [-0.2, 0) is 0 Å². The van der Waals surface area contributed by atoms with Crippen molar-refractivity contribution in [2.24, 2.45) is 0 Å². The van der Waals surface area contributed by atoms with Crippen LogP contribution in [0.15, 0.2) is 158 Å². The Morgan fingerprint density at radius 3 is 0.681 bits per heavy atom. The van der Waals surface area contributed by atoms with Crippen molar-refractivity contribution in [3.8, 4) is 11.1 Å². The summed E-state index contributed by atoms with van der Waals surface area (Å²) in [6.07, 6.45) is 31.9. The molecular formula is C68H94N4. The van der Waals surface area contributed by atoms with Crippen LogP contribution >= 0.6 is 0 Å². The molecule has 0 fully saturated rings. The molecule has 0 atom stereocenters. The molecule has 0 amide bonds. The smallest absolute Gasteiger partial charge is 0.0463 e. The first kappa shape index (κ1) is 55.8. The highest BCUT2D eigenvalue weighted by Gasteiger charge is 2.17. The Kier molecular flexibility index (Phi) is 25.8. The Labute approximate surface area is 439 Å². The molecule has 0 saturated heterocycles. The first-order valence-electron chi connectivity index (χ1n) is 29.2. The minimum Gasteiger partial charge on any atom is -0.372 e. The van der Waals surface area contributed by atoms with Gasteiger partial charge in [0.05, 0.1) is 0 Å². The molecule has 0 spiro atoms. The minimum absolute atomic E-state index is 1.14. The van der Waals surface area contributed by atoms with Gasteiger partial charge in [-0.2, -0.15) is 0 Å². The summed E-state index contributed by atoms with van der Waals surface area (Å²) in [5.41, 5.74) is 12.1. The zero-order valence-electron chi connectivity index (χ0n) is 45.6. The van der Waals surface area contributed by atoms with E-state index in [1.54, 1.807) is 0 Å². The van der Waals surface area contributed by atoms with E-state index in [0.29, 0.717) is 0 Å². The molecule has 0 aliphatic carbocycles. The summed E-state index contributed by atoms with van der Waals surface area (Å²) < 4.78 is 0. The fourth-order valence-electron chi connectivity index (χ4n) is 10.4. The topological polar surface area (TPSA) is 13.0 Å². The molecule has 4 nitrogen and oxygen atoms in total. The van der Waals surface area contributed by atoms with Crippen molar-refractivity contribution in [2.75, 3.05) is 45.8 Å². The van der Waals surface area contributed by atoms with Gasteiger partial charge in [0.1, 0.15) is 0 Å². The molecule has 0 aliphatic heterocycles. The number of benzene rings is 6. The third-order valence-electron chi connectivity index (χ3n) is 14.7. The van der Waals surface area contributed by atoms with Crippen molar-refractivity contribution >= 4 is 45.5 Å². The largest absolute Gasteiger partial charge is 0.372 e. The van der Waals surface area contributed by atoms with Crippen LogP contribution in [0.3, 0.4) is 0 Å². The molecule has 0 bridgehead atoms. The van der Waals surface area contributed by atoms with E-state index in [9.17, 15) is 0 Å². The number of hydrogen-bond acceptors (Lipinski definition) is 4. The number of unbranched alkanes of at least 4 members (excludes halogenated alkanes) is 20. The molecule has 0 N–H and O–H groups in total. The van der Waals surface area contributed by atoms with E-state index in [4.69, 9.17) is 0 Å². The highest BCUT2D eigenvalue weighted by molar-refractivity contribution is 5.81. The van der Waals surface area contributed by atoms with E-state index in [0.717, 1.165) is 48.9 Å². The molecule has 0 radical (unpaired) electrons. The van der Waals surface area contributed by atoms with E-state index < -0.39 is 0 Å². The number of para-hydroxylation sites is 2. The van der Waals surface area contributed by atoms with Crippen molar-refractivity contribution in [2.45, 2.75) is 182 Å². The average Bonchev–Trinajstić information content (AvgIpc) is 3.43. The maximum Gasteiger partial charge on any atom is 0.0463 e. The van der Waals surface area contributed by atoms with E-state index in [2.05, 4.69) is 205 Å². The number of hydrogen-bond donors (Lipinski definition) is 0. The maximum absolute atomic E-state index is 2.66. The lowest BCUT2D eigenvalue weighted by Crippen LogP contribution is -2.25. The van der Waals surface area contributed by atoms with Gasteiger partial charge in [0.25, 0.3) is 0 Å². The van der Waals surface area contributed by atoms with Crippen molar-refractivity contribution in [1.29, 1.82) is 0 Å². The van der Waals surface area contributed by atoms with Gasteiger partial charge in [-0.15, -0.1) is 0 Å². The zero-order valence-corrected chi connectivity index (χ0v) is 45.6. The van der Waals surface area contributed by atoms with Crippen molar-refractivity contribution < 1.29 is 0 Å². The van der Waals surface area contributed by atoms with Gasteiger partial charge in [-0.05, 0) is 134 Å². The normalized spacial score (nSPS) is 11.2. The van der Waals surface area contributed by atoms with E-state index >= 15 is 0 Å². The van der Waals surface area contributed by atoms with Crippen LogP contribution in [0.4, 0.5) is 45.5 Å². The Balaban J connectivity index is 1.17. The Bertz CT molecular complexity index is 2060. The first-order valence-corrected chi connectivity index (χ1v) is 29.2. The zero-order chi connectivity index (χ0) is 50.3. The number of anilines is 8. The van der Waals surface area contributed by atoms with Crippen LogP contribution in [0.25, 0.3) is 11.1 Å². The number of nitrogens with zero attached hydrogens (tertiary/aromatic N) is 4. The second kappa shape index (κ2) is 33.3. The Morgan fingerprint density at radius 1 is 0.208 bits per heavy atom. The Morgan fingerprint density at radius 2 is 0.417 bits per heavy atom. The second-order valence-corrected chi connectivity index (χ2v) is 20.5. The summed E-state index contributed by atoms with van der Waals surface area (Å²) >= 11 is 0. The van der Waals surface area contributed by atoms with Crippen LogP contribution in [0, 0.1) is 0 Å². The predicted octanol–water partition coefficient (Wildman–Crippen LogP) is 21.3. The molecule has 4 heteroatoms. The molecule has 6 aromatic rings. The van der Waals surface area contributed by atoms with Crippen LogP contribution < -0.4 is 19.6 Å². The summed E-state index contributed by atoms with van der Waals surface area (Å²) in [6, 6.07) is 58.8. The van der Waals surface area contributed by atoms with Gasteiger partial charge in [0, 0.05) is 71.7 Å². The maximum atomic E-state index is 2.66. The first-order chi connectivity index (χ1) is 35.6. The third-order valence-corrected chi connectivity index (χ3v) is 14.7. The van der Waals surface area contributed by atoms with Gasteiger partial charge in [0.15, 0.2) is 0 Å². The van der Waals surface area contributed by atoms with E-state index in [1.165, 1.54) is 188 Å². The Hall–Kier alpha value is -5.48. The van der Waals surface area contributed by atoms with Crippen molar-refractivity contribution in [1.82, 2.24) is 0 Å². The van der Waals surface area contributed by atoms with Gasteiger partial charge in [-0.25, -0.2) is 0 Å². The van der Waals surface area contributed by atoms with Crippen LogP contribution in [-0.4, -0.2) is 26.2 Å². The lowest BCUT2D eigenvalue weighted by molar-refractivity contribution is 0.575. The summed E-state index contributed by atoms with van der Waals surface area (Å²) in [4.78, 5) is 10.1. The molecule has 0 unspecified atom stereocenters. The fourth-order valence-corrected chi connectivity index (χ4v) is 10.4. The van der Waals surface area contributed by atoms with Crippen LogP contribution in [0.5, 0.6) is 0 Å². The summed E-state index contributed by atoms with van der Waals surface area (Å²) in [5.74, 6) is 0. The SMILES string of the molecule is CCCCCCCCN(CCCCCCCC)c1ccc(N(c2ccccc2)c2ccc(-c3ccc(N(c4ccccc4)c4ccc(N(CCCCCCCC)CCCCCCCC)cc4)cc3)cc2)cc1. The standard InChI is InChI=1S/C68H94N4/c1-5-9-13-17-21-31-55-69(56-32-22-18-14-10-6-2)61-47-51-67(52-48-61)71(63-35-27-25-28-36-63)65-43-39-59(40-44-65)60-41-45-66(46-42-60)72(64-37-29-26-30-38-64)68-53-49-62(50-54-68)70(57-33-23-19-15-11-7-3)58-34-24-20-16-12-8-4/h25-30,35-54H,5-24,31-34,55-58H2,1-4H3. The average molecular weight is 968 g/mol. The van der Waals surface area contributed by atoms with E-state index in [-0.39, 0.29) is 0 Å². The molecule has 72 heavy (non-hydrogen) atoms. The van der Waals surface area contributed by atoms with Gasteiger partial charge in [-0.1, -0.05) is 217 Å². The van der Waals surface area contributed by atoms with E-state index in [1.807, 2.05) is 0 Å². The van der Waals surface area contributed by atoms with Crippen molar-refractivity contribution in [3.05, 3.63) is 158 Å². The molecule has 6 rings (SSSR count). The summed E-state index contributed by atoms with van der Waals surface area (Å²) in [7, 11) is 0. The predicted molar refractivity (Wildman–Crippen MR) is 319 cm³/mol. The molecule has 6 aromatic carbocycles. The fraction of sp³-hybridized carbons (Fsp3) is 0.471. The van der Waals surface area contributed by atoms with Gasteiger partial charge in [0.2, 0.25) is 0 Å². The van der Waals surface area contributed by atoms with Crippen LogP contribution in [0.2, 0.25) is 0 Å². The highest BCUT2D eigenvalue weighted by atomic mass is 15.2. The molecule has 0 saturated carbocycles. The highest BCUT2D eigenvalue weighted by Crippen LogP contribution is 2.39. The van der Waals surface area contributed by atoms with Crippen molar-refractivity contribution in [3.63, 3.8) is 0 Å². The van der Waals surface area contributed by atoms with Crippen LogP contribution in [0.1, 0.15) is 182 Å². The monoisotopic (exact) mass is 967 g/mol. The van der Waals surface area contributed by atoms with Gasteiger partial charge >= 0.3 is 0 Å². The lowest BCUT2D eigenvalue weighted by atomic mass is 10.0. The summed E-state index contributed by atoms with van der Waals surface area (Å²) in [5, 5.41) is 0.